The van der Waals surface area contributed by atoms with Crippen molar-refractivity contribution in [3.8, 4) is 11.3 Å². The first-order valence-corrected chi connectivity index (χ1v) is 10.4. The third-order valence-corrected chi connectivity index (χ3v) is 6.09. The molecule has 2 aromatic heterocycles. The quantitative estimate of drug-likeness (QED) is 0.522. The third-order valence-electron chi connectivity index (χ3n) is 6.09. The van der Waals surface area contributed by atoms with E-state index in [-0.39, 0.29) is 18.3 Å². The second-order valence-electron chi connectivity index (χ2n) is 8.34. The van der Waals surface area contributed by atoms with Gasteiger partial charge in [0, 0.05) is 39.4 Å². The highest BCUT2D eigenvalue weighted by Crippen LogP contribution is 2.30. The predicted molar refractivity (Wildman–Crippen MR) is 125 cm³/mol. The SMILES string of the molecule is Cc1cc2c(cc1-c1cncn1[C@H](CO)Cc1ccc(N(C)C)cc1)n(C)c(=O)n2C. The molecule has 0 aliphatic heterocycles. The van der Waals surface area contributed by atoms with Crippen molar-refractivity contribution in [3.63, 3.8) is 0 Å². The molecular weight excluding hydrogens is 390 g/mol. The van der Waals surface area contributed by atoms with Gasteiger partial charge in [-0.2, -0.15) is 0 Å². The van der Waals surface area contributed by atoms with E-state index in [1.54, 1.807) is 29.6 Å². The molecular formula is C24H29N5O2. The normalized spacial score (nSPS) is 12.5. The smallest absolute Gasteiger partial charge is 0.328 e. The van der Waals surface area contributed by atoms with Gasteiger partial charge in [0.2, 0.25) is 0 Å². The molecule has 1 N–H and O–H groups in total. The van der Waals surface area contributed by atoms with E-state index in [9.17, 15) is 9.90 Å². The molecule has 2 heterocycles. The summed E-state index contributed by atoms with van der Waals surface area (Å²) in [5.74, 6) is 0. The minimum Gasteiger partial charge on any atom is -0.394 e. The van der Waals surface area contributed by atoms with Crippen molar-refractivity contribution in [2.24, 2.45) is 14.1 Å². The van der Waals surface area contributed by atoms with Gasteiger partial charge in [-0.3, -0.25) is 9.13 Å². The minimum atomic E-state index is -0.141. The Bertz CT molecular complexity index is 1280. The van der Waals surface area contributed by atoms with Crippen LogP contribution in [0.4, 0.5) is 5.69 Å². The van der Waals surface area contributed by atoms with Crippen LogP contribution in [0.15, 0.2) is 53.7 Å². The van der Waals surface area contributed by atoms with E-state index >= 15 is 0 Å². The van der Waals surface area contributed by atoms with Crippen LogP contribution < -0.4 is 10.6 Å². The van der Waals surface area contributed by atoms with E-state index in [1.807, 2.05) is 43.9 Å². The number of anilines is 1. The Morgan fingerprint density at radius 1 is 1.06 bits per heavy atom. The number of imidazole rings is 2. The van der Waals surface area contributed by atoms with Crippen LogP contribution in [0.5, 0.6) is 0 Å². The van der Waals surface area contributed by atoms with Crippen molar-refractivity contribution in [1.82, 2.24) is 18.7 Å². The first-order valence-electron chi connectivity index (χ1n) is 10.4. The van der Waals surface area contributed by atoms with Gasteiger partial charge >= 0.3 is 5.69 Å². The number of hydrogen-bond donors (Lipinski definition) is 1. The van der Waals surface area contributed by atoms with Crippen LogP contribution in [0, 0.1) is 6.92 Å². The highest BCUT2D eigenvalue weighted by atomic mass is 16.3. The Balaban J connectivity index is 1.73. The van der Waals surface area contributed by atoms with Gasteiger partial charge in [0.25, 0.3) is 0 Å². The molecule has 0 aliphatic rings. The Morgan fingerprint density at radius 2 is 1.71 bits per heavy atom. The predicted octanol–water partition coefficient (Wildman–Crippen LogP) is 2.89. The molecule has 0 aliphatic carbocycles. The maximum atomic E-state index is 12.4. The fraction of sp³-hybridized carbons (Fsp3) is 0.333. The lowest BCUT2D eigenvalue weighted by atomic mass is 10.0. The lowest BCUT2D eigenvalue weighted by Gasteiger charge is -2.21. The second kappa shape index (κ2) is 8.07. The zero-order valence-electron chi connectivity index (χ0n) is 18.7. The second-order valence-corrected chi connectivity index (χ2v) is 8.34. The zero-order chi connectivity index (χ0) is 22.3. The van der Waals surface area contributed by atoms with Gasteiger partial charge in [-0.05, 0) is 48.7 Å². The van der Waals surface area contributed by atoms with E-state index < -0.39 is 0 Å². The number of aliphatic hydroxyl groups excluding tert-OH is 1. The van der Waals surface area contributed by atoms with Crippen LogP contribution in [0.2, 0.25) is 0 Å². The molecule has 0 unspecified atom stereocenters. The summed E-state index contributed by atoms with van der Waals surface area (Å²) in [5.41, 5.74) is 7.02. The first-order chi connectivity index (χ1) is 14.8. The average molecular weight is 420 g/mol. The van der Waals surface area contributed by atoms with Crippen LogP contribution in [0.1, 0.15) is 17.2 Å². The maximum absolute atomic E-state index is 12.4. The van der Waals surface area contributed by atoms with Gasteiger partial charge < -0.3 is 14.6 Å². The van der Waals surface area contributed by atoms with Crippen LogP contribution in [-0.2, 0) is 20.5 Å². The number of nitrogens with zero attached hydrogens (tertiary/aromatic N) is 5. The van der Waals surface area contributed by atoms with Crippen molar-refractivity contribution in [1.29, 1.82) is 0 Å². The largest absolute Gasteiger partial charge is 0.394 e. The fourth-order valence-electron chi connectivity index (χ4n) is 4.18. The van der Waals surface area contributed by atoms with E-state index in [2.05, 4.69) is 34.1 Å². The number of hydrogen-bond acceptors (Lipinski definition) is 4. The summed E-state index contributed by atoms with van der Waals surface area (Å²) in [6.07, 6.45) is 4.30. The first kappa shape index (κ1) is 20.9. The number of aryl methyl sites for hydroxylation is 3. The van der Waals surface area contributed by atoms with E-state index in [0.29, 0.717) is 6.42 Å². The molecule has 7 heteroatoms. The summed E-state index contributed by atoms with van der Waals surface area (Å²) in [7, 11) is 7.61. The molecule has 31 heavy (non-hydrogen) atoms. The summed E-state index contributed by atoms with van der Waals surface area (Å²) < 4.78 is 5.36. The monoisotopic (exact) mass is 419 g/mol. The molecule has 0 amide bonds. The molecule has 7 nitrogen and oxygen atoms in total. The number of fused-ring (bicyclic) bond motifs is 1. The molecule has 0 spiro atoms. The van der Waals surface area contributed by atoms with Gasteiger partial charge in [0.05, 0.1) is 41.9 Å². The standard InChI is InChI=1S/C24H29N5O2/c1-16-10-21-22(28(5)24(31)27(21)4)12-20(16)23-13-25-15-29(23)19(14-30)11-17-6-8-18(9-7-17)26(2)3/h6-10,12-13,15,19,30H,11,14H2,1-5H3/t19-/m0/s1. The van der Waals surface area contributed by atoms with E-state index in [1.165, 1.54) is 0 Å². The molecule has 0 fully saturated rings. The van der Waals surface area contributed by atoms with Crippen molar-refractivity contribution in [3.05, 3.63) is 70.5 Å². The molecule has 0 bridgehead atoms. The Labute approximate surface area is 181 Å². The lowest BCUT2D eigenvalue weighted by molar-refractivity contribution is 0.228. The van der Waals surface area contributed by atoms with Gasteiger partial charge in [0.1, 0.15) is 0 Å². The summed E-state index contributed by atoms with van der Waals surface area (Å²) >= 11 is 0. The molecule has 4 rings (SSSR count). The number of benzene rings is 2. The molecule has 2 aromatic carbocycles. The van der Waals surface area contributed by atoms with Gasteiger partial charge in [0.15, 0.2) is 0 Å². The summed E-state index contributed by atoms with van der Waals surface area (Å²) in [4.78, 5) is 18.8. The number of aromatic nitrogens is 4. The van der Waals surface area contributed by atoms with Crippen molar-refractivity contribution in [2.45, 2.75) is 19.4 Å². The van der Waals surface area contributed by atoms with E-state index in [4.69, 9.17) is 0 Å². The fourth-order valence-corrected chi connectivity index (χ4v) is 4.18. The molecule has 0 saturated heterocycles. The van der Waals surface area contributed by atoms with Crippen LogP contribution in [-0.4, -0.2) is 44.5 Å². The molecule has 162 valence electrons. The summed E-state index contributed by atoms with van der Waals surface area (Å²) in [6.45, 7) is 2.04. The topological polar surface area (TPSA) is 68.2 Å². The van der Waals surface area contributed by atoms with Gasteiger partial charge in [-0.25, -0.2) is 9.78 Å². The number of rotatable bonds is 6. The molecule has 0 saturated carbocycles. The Hall–Kier alpha value is -3.32. The summed E-state index contributed by atoms with van der Waals surface area (Å²) in [6, 6.07) is 12.3. The molecule has 1 atom stereocenters. The van der Waals surface area contributed by atoms with Gasteiger partial charge in [-0.15, -0.1) is 0 Å². The number of aliphatic hydroxyl groups is 1. The van der Waals surface area contributed by atoms with Crippen molar-refractivity contribution >= 4 is 16.7 Å². The maximum Gasteiger partial charge on any atom is 0.328 e. The van der Waals surface area contributed by atoms with Gasteiger partial charge in [-0.1, -0.05) is 12.1 Å². The van der Waals surface area contributed by atoms with E-state index in [0.717, 1.165) is 39.1 Å². The highest BCUT2D eigenvalue weighted by molar-refractivity contribution is 5.84. The molecule has 4 aromatic rings. The Kier molecular flexibility index (Phi) is 5.45. The van der Waals surface area contributed by atoms with Crippen LogP contribution in [0.3, 0.4) is 0 Å². The zero-order valence-corrected chi connectivity index (χ0v) is 18.7. The highest BCUT2D eigenvalue weighted by Gasteiger charge is 2.19. The Morgan fingerprint density at radius 3 is 2.32 bits per heavy atom. The van der Waals surface area contributed by atoms with Crippen molar-refractivity contribution in [2.75, 3.05) is 25.6 Å². The third kappa shape index (κ3) is 3.65. The van der Waals surface area contributed by atoms with Crippen molar-refractivity contribution < 1.29 is 5.11 Å². The lowest BCUT2D eigenvalue weighted by Crippen LogP contribution is -2.19. The molecule has 0 radical (unpaired) electrons. The summed E-state index contributed by atoms with van der Waals surface area (Å²) in [5, 5.41) is 10.2. The average Bonchev–Trinajstić information content (AvgIpc) is 3.32. The van der Waals surface area contributed by atoms with Crippen LogP contribution in [0.25, 0.3) is 22.3 Å². The minimum absolute atomic E-state index is 0.00388. The van der Waals surface area contributed by atoms with Crippen LogP contribution >= 0.6 is 0 Å².